The number of carbonyl (C=O) groups excluding carboxylic acids is 2. The van der Waals surface area contributed by atoms with Crippen molar-refractivity contribution in [1.82, 2.24) is 15.0 Å². The van der Waals surface area contributed by atoms with E-state index >= 15 is 0 Å². The summed E-state index contributed by atoms with van der Waals surface area (Å²) in [4.78, 5) is 34.5. The van der Waals surface area contributed by atoms with E-state index in [9.17, 15) is 14.4 Å². The van der Waals surface area contributed by atoms with Gasteiger partial charge in [-0.15, -0.1) is 5.10 Å². The molecule has 0 aliphatic rings. The van der Waals surface area contributed by atoms with Crippen molar-refractivity contribution in [1.29, 1.82) is 0 Å². The third-order valence-corrected chi connectivity index (χ3v) is 2.93. The number of aliphatic carboxylic acids is 1. The predicted octanol–water partition coefficient (Wildman–Crippen LogP) is 0.330. The maximum Gasteiger partial charge on any atom is 0.339 e. The summed E-state index contributed by atoms with van der Waals surface area (Å²) in [5, 5.41) is 18.6. The van der Waals surface area contributed by atoms with Gasteiger partial charge in [-0.05, 0) is 12.1 Å². The number of nitrogens with one attached hydrogen (secondary N) is 1. The van der Waals surface area contributed by atoms with Crippen molar-refractivity contribution in [2.75, 3.05) is 12.4 Å². The van der Waals surface area contributed by atoms with Gasteiger partial charge >= 0.3 is 11.9 Å². The number of esters is 1. The van der Waals surface area contributed by atoms with Crippen LogP contribution in [0, 0.1) is 0 Å². The minimum absolute atomic E-state index is 0.215. The van der Waals surface area contributed by atoms with Gasteiger partial charge in [-0.2, -0.15) is 0 Å². The number of carbonyl (C=O) groups is 3. The molecule has 1 aromatic heterocycles. The van der Waals surface area contributed by atoms with E-state index in [4.69, 9.17) is 5.11 Å². The summed E-state index contributed by atoms with van der Waals surface area (Å²) >= 11 is 0. The second-order valence-electron chi connectivity index (χ2n) is 4.54. The summed E-state index contributed by atoms with van der Waals surface area (Å²) in [5.41, 5.74) is 0.811. The standard InChI is InChI=1S/C14H14N4O5/c1-23-14(22)10-4-2-3-5-11(10)16-12(19)8-18-9(6-13(20)21)7-15-17-18/h2-5,7H,6,8H2,1H3,(H,16,19)(H,20,21). The fraction of sp³-hybridized carbons (Fsp3) is 0.214. The molecule has 9 nitrogen and oxygen atoms in total. The van der Waals surface area contributed by atoms with Gasteiger partial charge in [0.2, 0.25) is 5.91 Å². The van der Waals surface area contributed by atoms with Crippen LogP contribution in [0.25, 0.3) is 0 Å². The van der Waals surface area contributed by atoms with E-state index in [2.05, 4.69) is 20.4 Å². The highest BCUT2D eigenvalue weighted by molar-refractivity contribution is 6.01. The highest BCUT2D eigenvalue weighted by atomic mass is 16.5. The Morgan fingerprint density at radius 2 is 2.04 bits per heavy atom. The lowest BCUT2D eigenvalue weighted by molar-refractivity contribution is -0.136. The van der Waals surface area contributed by atoms with E-state index < -0.39 is 17.8 Å². The minimum atomic E-state index is -1.05. The lowest BCUT2D eigenvalue weighted by atomic mass is 10.2. The van der Waals surface area contributed by atoms with Crippen LogP contribution in [0.15, 0.2) is 30.5 Å². The molecule has 0 spiro atoms. The SMILES string of the molecule is COC(=O)c1ccccc1NC(=O)Cn1nncc1CC(=O)O. The lowest BCUT2D eigenvalue weighted by Gasteiger charge is -2.10. The van der Waals surface area contributed by atoms with Crippen LogP contribution >= 0.6 is 0 Å². The van der Waals surface area contributed by atoms with Crippen LogP contribution in [0.1, 0.15) is 16.1 Å². The second kappa shape index (κ2) is 7.16. The highest BCUT2D eigenvalue weighted by Crippen LogP contribution is 2.16. The summed E-state index contributed by atoms with van der Waals surface area (Å²) in [6, 6.07) is 6.38. The van der Waals surface area contributed by atoms with Crippen molar-refractivity contribution in [3.8, 4) is 0 Å². The Labute approximate surface area is 130 Å². The van der Waals surface area contributed by atoms with Gasteiger partial charge in [0.25, 0.3) is 0 Å². The van der Waals surface area contributed by atoms with Crippen LogP contribution in [-0.4, -0.2) is 45.1 Å². The Morgan fingerprint density at radius 3 is 2.74 bits per heavy atom. The predicted molar refractivity (Wildman–Crippen MR) is 77.8 cm³/mol. The van der Waals surface area contributed by atoms with Crippen molar-refractivity contribution < 1.29 is 24.2 Å². The first-order valence-electron chi connectivity index (χ1n) is 6.57. The van der Waals surface area contributed by atoms with Crippen LogP contribution in [-0.2, 0) is 27.3 Å². The lowest BCUT2D eigenvalue weighted by Crippen LogP contribution is -2.23. The average molecular weight is 318 g/mol. The van der Waals surface area contributed by atoms with Gasteiger partial charge < -0.3 is 15.2 Å². The number of nitrogens with zero attached hydrogens (tertiary/aromatic N) is 3. The molecule has 0 aliphatic heterocycles. The summed E-state index contributed by atoms with van der Waals surface area (Å²) < 4.78 is 5.83. The van der Waals surface area contributed by atoms with Crippen LogP contribution in [0.5, 0.6) is 0 Å². The summed E-state index contributed by atoms with van der Waals surface area (Å²) in [6.07, 6.45) is 0.989. The Morgan fingerprint density at radius 1 is 1.30 bits per heavy atom. The van der Waals surface area contributed by atoms with Crippen molar-refractivity contribution in [2.24, 2.45) is 0 Å². The first-order chi connectivity index (χ1) is 11.0. The van der Waals surface area contributed by atoms with Crippen molar-refractivity contribution in [3.63, 3.8) is 0 Å². The van der Waals surface area contributed by atoms with Gasteiger partial charge in [0, 0.05) is 0 Å². The van der Waals surface area contributed by atoms with E-state index in [0.717, 1.165) is 0 Å². The largest absolute Gasteiger partial charge is 0.481 e. The van der Waals surface area contributed by atoms with E-state index in [0.29, 0.717) is 11.4 Å². The number of ether oxygens (including phenoxy) is 1. The number of para-hydroxylation sites is 1. The number of carboxylic acid groups (broad SMARTS) is 1. The molecule has 1 heterocycles. The van der Waals surface area contributed by atoms with E-state index in [1.807, 2.05) is 0 Å². The third-order valence-electron chi connectivity index (χ3n) is 2.93. The molecule has 0 unspecified atom stereocenters. The number of anilines is 1. The number of amides is 1. The molecule has 1 amide bonds. The second-order valence-corrected chi connectivity index (χ2v) is 4.54. The molecule has 0 aliphatic carbocycles. The quantitative estimate of drug-likeness (QED) is 0.735. The van der Waals surface area contributed by atoms with Crippen molar-refractivity contribution >= 4 is 23.5 Å². The molecule has 23 heavy (non-hydrogen) atoms. The molecule has 120 valence electrons. The van der Waals surface area contributed by atoms with Crippen molar-refractivity contribution in [3.05, 3.63) is 41.7 Å². The molecule has 0 fully saturated rings. The fourth-order valence-electron chi connectivity index (χ4n) is 1.91. The molecule has 0 saturated heterocycles. The molecule has 0 saturated carbocycles. The van der Waals surface area contributed by atoms with Gasteiger partial charge in [-0.25, -0.2) is 9.48 Å². The van der Waals surface area contributed by atoms with Crippen molar-refractivity contribution in [2.45, 2.75) is 13.0 Å². The Kier molecular flexibility index (Phi) is 5.03. The summed E-state index contributed by atoms with van der Waals surface area (Å²) in [7, 11) is 1.24. The number of carboxylic acids is 1. The number of rotatable bonds is 6. The first-order valence-corrected chi connectivity index (χ1v) is 6.57. The van der Waals surface area contributed by atoms with Crippen LogP contribution in [0.3, 0.4) is 0 Å². The zero-order chi connectivity index (χ0) is 16.8. The molecule has 0 bridgehead atoms. The maximum atomic E-state index is 12.1. The molecular weight excluding hydrogens is 304 g/mol. The third kappa shape index (κ3) is 4.13. The Balaban J connectivity index is 2.10. The minimum Gasteiger partial charge on any atom is -0.481 e. The fourth-order valence-corrected chi connectivity index (χ4v) is 1.91. The molecule has 0 atom stereocenters. The van der Waals surface area contributed by atoms with E-state index in [-0.39, 0.29) is 18.5 Å². The van der Waals surface area contributed by atoms with Crippen LogP contribution in [0.4, 0.5) is 5.69 Å². The van der Waals surface area contributed by atoms with Gasteiger partial charge in [0.05, 0.1) is 36.7 Å². The van der Waals surface area contributed by atoms with E-state index in [1.54, 1.807) is 18.2 Å². The topological polar surface area (TPSA) is 123 Å². The number of benzene rings is 1. The number of hydrogen-bond donors (Lipinski definition) is 2. The molecule has 2 N–H and O–H groups in total. The van der Waals surface area contributed by atoms with E-state index in [1.165, 1.54) is 24.1 Å². The zero-order valence-corrected chi connectivity index (χ0v) is 12.2. The highest BCUT2D eigenvalue weighted by Gasteiger charge is 2.15. The molecule has 2 rings (SSSR count). The number of aromatic nitrogens is 3. The monoisotopic (exact) mass is 318 g/mol. The van der Waals surface area contributed by atoms with Gasteiger partial charge in [0.15, 0.2) is 0 Å². The van der Waals surface area contributed by atoms with Crippen LogP contribution < -0.4 is 5.32 Å². The molecule has 1 aromatic carbocycles. The number of hydrogen-bond acceptors (Lipinski definition) is 6. The normalized spacial score (nSPS) is 10.1. The zero-order valence-electron chi connectivity index (χ0n) is 12.2. The van der Waals surface area contributed by atoms with Gasteiger partial charge in [-0.1, -0.05) is 17.3 Å². The van der Waals surface area contributed by atoms with Crippen LogP contribution in [0.2, 0.25) is 0 Å². The molecule has 2 aromatic rings. The average Bonchev–Trinajstić information content (AvgIpc) is 2.93. The molecular formula is C14H14N4O5. The smallest absolute Gasteiger partial charge is 0.339 e. The summed E-state index contributed by atoms with van der Waals surface area (Å²) in [5.74, 6) is -2.10. The van der Waals surface area contributed by atoms with Gasteiger partial charge in [-0.3, -0.25) is 9.59 Å². The molecule has 0 radical (unpaired) electrons. The van der Waals surface area contributed by atoms with Gasteiger partial charge in [0.1, 0.15) is 6.54 Å². The Bertz CT molecular complexity index is 740. The Hall–Kier alpha value is -3.23. The number of methoxy groups -OCH3 is 1. The molecule has 9 heteroatoms. The maximum absolute atomic E-state index is 12.1. The summed E-state index contributed by atoms with van der Waals surface area (Å²) in [6.45, 7) is -0.224. The first kappa shape index (κ1) is 16.1.